The number of methoxy groups -OCH3 is 1. The number of carbonyl (C=O) groups is 3. The molecule has 0 saturated carbocycles. The van der Waals surface area contributed by atoms with E-state index in [1.807, 2.05) is 30.3 Å². The Bertz CT molecular complexity index is 2180. The second-order valence-electron chi connectivity index (χ2n) is 13.5. The summed E-state index contributed by atoms with van der Waals surface area (Å²) in [5.41, 5.74) is 4.48. The molecule has 0 bridgehead atoms. The minimum absolute atomic E-state index is 0.184. The summed E-state index contributed by atoms with van der Waals surface area (Å²) in [7, 11) is 0.692. The van der Waals surface area contributed by atoms with Gasteiger partial charge in [-0.15, -0.1) is 0 Å². The van der Waals surface area contributed by atoms with Crippen LogP contribution in [0.2, 0.25) is 5.02 Å². The number of benzene rings is 3. The summed E-state index contributed by atoms with van der Waals surface area (Å²) in [6.07, 6.45) is 3.90. The van der Waals surface area contributed by atoms with E-state index in [4.69, 9.17) is 25.4 Å². The van der Waals surface area contributed by atoms with Crippen LogP contribution in [0.25, 0.3) is 0 Å². The van der Waals surface area contributed by atoms with Crippen LogP contribution in [0.5, 0.6) is 5.75 Å². The standard InChI is InChI=1S/C38H43ClN9O7P/c1-53-32-19-26(9-11-29(32)44-38-40-20-28(39)35(46-38)43-30-6-4-5-7-33(30)56(52,54-2)55-3)47-16-14-24(15-17-47)41-22-42-25-8-10-27-23(18-25)21-48(37(27)51)31-12-13-34(49)45-36(31)50/h4-11,18-20,24,31,41-42H,12-17,21-22H2,1-3H3,(H,45,49,50)(H2,40,43,44,46). The van der Waals surface area contributed by atoms with Crippen molar-refractivity contribution in [3.63, 3.8) is 0 Å². The molecule has 294 valence electrons. The summed E-state index contributed by atoms with van der Waals surface area (Å²) in [4.78, 5) is 49.8. The number of ether oxygens (including phenoxy) is 1. The van der Waals surface area contributed by atoms with Crippen molar-refractivity contribution in [3.8, 4) is 5.75 Å². The van der Waals surface area contributed by atoms with Crippen molar-refractivity contribution in [2.24, 2.45) is 0 Å². The molecule has 18 heteroatoms. The molecule has 3 aliphatic rings. The summed E-state index contributed by atoms with van der Waals surface area (Å²) in [6.45, 7) is 2.59. The van der Waals surface area contributed by atoms with Gasteiger partial charge < -0.3 is 39.5 Å². The molecule has 7 rings (SSSR count). The first-order valence-electron chi connectivity index (χ1n) is 18.1. The molecule has 56 heavy (non-hydrogen) atoms. The zero-order chi connectivity index (χ0) is 39.4. The first kappa shape index (κ1) is 39.0. The van der Waals surface area contributed by atoms with E-state index in [-0.39, 0.29) is 29.2 Å². The Balaban J connectivity index is 0.916. The maximum Gasteiger partial charge on any atom is 0.362 e. The largest absolute Gasteiger partial charge is 0.494 e. The zero-order valence-corrected chi connectivity index (χ0v) is 32.8. The number of imide groups is 1. The van der Waals surface area contributed by atoms with E-state index >= 15 is 0 Å². The quantitative estimate of drug-likeness (QED) is 0.0642. The summed E-state index contributed by atoms with van der Waals surface area (Å²) >= 11 is 6.46. The molecular weight excluding hydrogens is 761 g/mol. The van der Waals surface area contributed by atoms with Gasteiger partial charge in [-0.05, 0) is 67.3 Å². The van der Waals surface area contributed by atoms with Crippen LogP contribution in [0.15, 0.2) is 66.9 Å². The van der Waals surface area contributed by atoms with Crippen LogP contribution in [0.1, 0.15) is 41.6 Å². The second kappa shape index (κ2) is 16.9. The summed E-state index contributed by atoms with van der Waals surface area (Å²) < 4.78 is 29.3. The average molecular weight is 804 g/mol. The van der Waals surface area contributed by atoms with Crippen LogP contribution < -0.4 is 41.5 Å². The molecule has 0 aliphatic carbocycles. The average Bonchev–Trinajstić information content (AvgIpc) is 3.54. The maximum atomic E-state index is 13.2. The highest BCUT2D eigenvalue weighted by molar-refractivity contribution is 7.62. The van der Waals surface area contributed by atoms with Crippen molar-refractivity contribution in [2.75, 3.05) is 61.9 Å². The van der Waals surface area contributed by atoms with Gasteiger partial charge in [0.05, 0.1) is 36.7 Å². The third-order valence-corrected chi connectivity index (χ3v) is 12.4. The zero-order valence-electron chi connectivity index (χ0n) is 31.1. The van der Waals surface area contributed by atoms with E-state index in [0.29, 0.717) is 59.5 Å². The van der Waals surface area contributed by atoms with Gasteiger partial charge >= 0.3 is 7.60 Å². The highest BCUT2D eigenvalue weighted by atomic mass is 35.5. The van der Waals surface area contributed by atoms with Crippen molar-refractivity contribution in [1.82, 2.24) is 25.5 Å². The molecule has 1 atom stereocenters. The minimum Gasteiger partial charge on any atom is -0.494 e. The van der Waals surface area contributed by atoms with E-state index < -0.39 is 19.5 Å². The molecule has 4 heterocycles. The van der Waals surface area contributed by atoms with Gasteiger partial charge in [0.25, 0.3) is 5.91 Å². The van der Waals surface area contributed by atoms with Crippen molar-refractivity contribution in [1.29, 1.82) is 0 Å². The van der Waals surface area contributed by atoms with Gasteiger partial charge in [0, 0.05) is 69.3 Å². The van der Waals surface area contributed by atoms with Crippen molar-refractivity contribution in [2.45, 2.75) is 44.3 Å². The van der Waals surface area contributed by atoms with Crippen LogP contribution >= 0.6 is 19.2 Å². The van der Waals surface area contributed by atoms with E-state index in [2.05, 4.69) is 41.5 Å². The van der Waals surface area contributed by atoms with Gasteiger partial charge in [-0.1, -0.05) is 23.7 Å². The van der Waals surface area contributed by atoms with Crippen LogP contribution in [-0.2, 0) is 29.7 Å². The lowest BCUT2D eigenvalue weighted by molar-refractivity contribution is -0.136. The van der Waals surface area contributed by atoms with E-state index in [1.165, 1.54) is 20.4 Å². The lowest BCUT2D eigenvalue weighted by Gasteiger charge is -2.34. The minimum atomic E-state index is -3.57. The summed E-state index contributed by atoms with van der Waals surface area (Å²) in [5.74, 6) is 0.274. The van der Waals surface area contributed by atoms with Crippen LogP contribution in [-0.4, -0.2) is 85.8 Å². The van der Waals surface area contributed by atoms with E-state index in [0.717, 1.165) is 42.9 Å². The Labute approximate surface area is 329 Å². The number of aromatic nitrogens is 2. The van der Waals surface area contributed by atoms with Gasteiger partial charge in [-0.25, -0.2) is 4.98 Å². The Kier molecular flexibility index (Phi) is 11.7. The van der Waals surface area contributed by atoms with Crippen molar-refractivity contribution < 1.29 is 32.7 Å². The lowest BCUT2D eigenvalue weighted by Crippen LogP contribution is -2.52. The molecule has 3 aromatic carbocycles. The van der Waals surface area contributed by atoms with Gasteiger partial charge in [-0.3, -0.25) is 29.6 Å². The number of carbonyl (C=O) groups excluding carboxylic acids is 3. The van der Waals surface area contributed by atoms with E-state index in [1.54, 1.807) is 42.3 Å². The number of hydrogen-bond donors (Lipinski definition) is 5. The fourth-order valence-electron chi connectivity index (χ4n) is 7.16. The number of nitrogens with zero attached hydrogens (tertiary/aromatic N) is 4. The molecule has 2 saturated heterocycles. The number of rotatable bonds is 14. The fraction of sp³-hybridized carbons (Fsp3) is 0.342. The topological polar surface area (TPSA) is 188 Å². The molecule has 16 nitrogen and oxygen atoms in total. The van der Waals surface area contributed by atoms with E-state index in [9.17, 15) is 18.9 Å². The Morgan fingerprint density at radius 3 is 2.48 bits per heavy atom. The number of amides is 3. The molecular formula is C38H43ClN9O7P. The number of hydrogen-bond acceptors (Lipinski definition) is 14. The first-order valence-corrected chi connectivity index (χ1v) is 20.1. The molecule has 2 fully saturated rings. The van der Waals surface area contributed by atoms with Crippen molar-refractivity contribution >= 4 is 76.7 Å². The molecule has 5 N–H and O–H groups in total. The van der Waals surface area contributed by atoms with Gasteiger partial charge in [0.2, 0.25) is 17.8 Å². The van der Waals surface area contributed by atoms with Gasteiger partial charge in [-0.2, -0.15) is 4.98 Å². The number of anilines is 6. The monoisotopic (exact) mass is 803 g/mol. The van der Waals surface area contributed by atoms with Gasteiger partial charge in [0.15, 0.2) is 5.82 Å². The smallest absolute Gasteiger partial charge is 0.362 e. The first-order chi connectivity index (χ1) is 27.1. The van der Waals surface area contributed by atoms with Gasteiger partial charge in [0.1, 0.15) is 16.8 Å². The molecule has 1 aromatic heterocycles. The molecule has 3 aliphatic heterocycles. The molecule has 0 radical (unpaired) electrons. The Morgan fingerprint density at radius 1 is 0.946 bits per heavy atom. The molecule has 3 amide bonds. The number of para-hydroxylation sites is 1. The normalized spacial score (nSPS) is 17.4. The summed E-state index contributed by atoms with van der Waals surface area (Å²) in [5, 5.41) is 16.3. The number of fused-ring (bicyclic) bond motifs is 1. The lowest BCUT2D eigenvalue weighted by atomic mass is 10.0. The second-order valence-corrected chi connectivity index (χ2v) is 16.1. The number of halogens is 1. The highest BCUT2D eigenvalue weighted by Crippen LogP contribution is 2.47. The fourth-order valence-corrected chi connectivity index (χ4v) is 8.53. The number of piperidine rings is 2. The third-order valence-electron chi connectivity index (χ3n) is 10.2. The maximum absolute atomic E-state index is 13.2. The number of nitrogens with one attached hydrogen (secondary N) is 5. The third kappa shape index (κ3) is 8.30. The molecule has 0 spiro atoms. The van der Waals surface area contributed by atoms with Crippen LogP contribution in [0.4, 0.5) is 34.5 Å². The SMILES string of the molecule is COc1cc(N2CCC(NCNc3ccc4c(c3)CN(C3CCC(=O)NC3=O)C4=O)CC2)ccc1Nc1ncc(Cl)c(Nc2ccccc2P(=O)(OC)OC)n1. The predicted octanol–water partition coefficient (Wildman–Crippen LogP) is 5.13. The van der Waals surface area contributed by atoms with Crippen LogP contribution in [0.3, 0.4) is 0 Å². The Morgan fingerprint density at radius 2 is 1.73 bits per heavy atom. The molecule has 1 unspecified atom stereocenters. The predicted molar refractivity (Wildman–Crippen MR) is 214 cm³/mol. The summed E-state index contributed by atoms with van der Waals surface area (Å²) in [6, 6.07) is 18.1. The highest BCUT2D eigenvalue weighted by Gasteiger charge is 2.39. The van der Waals surface area contributed by atoms with Crippen LogP contribution in [0, 0.1) is 0 Å². The molecule has 4 aromatic rings. The van der Waals surface area contributed by atoms with Crippen molar-refractivity contribution in [3.05, 3.63) is 83.0 Å². The Hall–Kier alpha value is -5.25.